The van der Waals surface area contributed by atoms with Gasteiger partial charge in [-0.25, -0.2) is 0 Å². The number of piperidine rings is 1. The number of amides is 1. The van der Waals surface area contributed by atoms with Gasteiger partial charge in [0, 0.05) is 12.6 Å². The minimum atomic E-state index is -2.91. The van der Waals surface area contributed by atoms with Gasteiger partial charge in [-0.15, -0.1) is 0 Å². The van der Waals surface area contributed by atoms with Crippen LogP contribution in [-0.2, 0) is 4.79 Å². The molecule has 1 fully saturated rings. The molecule has 3 nitrogen and oxygen atoms in total. The monoisotopic (exact) mass is 192 g/mol. The maximum atomic E-state index is 11.9. The van der Waals surface area contributed by atoms with Crippen molar-refractivity contribution in [3.05, 3.63) is 0 Å². The normalized spacial score (nSPS) is 28.9. The van der Waals surface area contributed by atoms with E-state index < -0.39 is 12.3 Å². The molecular formula is C8H14F2N2O. The lowest BCUT2D eigenvalue weighted by Crippen LogP contribution is -2.51. The zero-order valence-corrected chi connectivity index (χ0v) is 7.52. The summed E-state index contributed by atoms with van der Waals surface area (Å²) in [7, 11) is 0. The third-order valence-corrected chi connectivity index (χ3v) is 2.35. The molecule has 1 saturated heterocycles. The fourth-order valence-electron chi connectivity index (χ4n) is 1.43. The van der Waals surface area contributed by atoms with E-state index in [1.165, 1.54) is 0 Å². The second kappa shape index (κ2) is 4.50. The molecule has 1 heterocycles. The van der Waals surface area contributed by atoms with Gasteiger partial charge in [0.1, 0.15) is 0 Å². The second-order valence-corrected chi connectivity index (χ2v) is 3.39. The van der Waals surface area contributed by atoms with Crippen molar-refractivity contribution in [3.63, 3.8) is 0 Å². The van der Waals surface area contributed by atoms with Crippen LogP contribution in [0.25, 0.3) is 0 Å². The average molecular weight is 192 g/mol. The number of hydrogen-bond acceptors (Lipinski definition) is 2. The van der Waals surface area contributed by atoms with Gasteiger partial charge in [-0.05, 0) is 18.9 Å². The minimum Gasteiger partial charge on any atom is -0.347 e. The molecule has 1 amide bonds. The molecule has 0 aromatic rings. The van der Waals surface area contributed by atoms with Gasteiger partial charge >= 0.3 is 6.43 Å². The number of carbonyl (C=O) groups is 1. The summed E-state index contributed by atoms with van der Waals surface area (Å²) < 4.78 is 23.8. The summed E-state index contributed by atoms with van der Waals surface area (Å²) in [6.07, 6.45) is -2.00. The molecule has 2 unspecified atom stereocenters. The number of rotatable bonds is 2. The van der Waals surface area contributed by atoms with Crippen molar-refractivity contribution >= 4 is 5.91 Å². The SMILES string of the molecule is CC1CCNCC1NC(=O)C(F)F. The highest BCUT2D eigenvalue weighted by Crippen LogP contribution is 2.11. The van der Waals surface area contributed by atoms with E-state index in [-0.39, 0.29) is 12.0 Å². The molecule has 1 aliphatic rings. The second-order valence-electron chi connectivity index (χ2n) is 3.39. The summed E-state index contributed by atoms with van der Waals surface area (Å²) in [6.45, 7) is 3.43. The number of alkyl halides is 2. The van der Waals surface area contributed by atoms with Crippen molar-refractivity contribution in [2.75, 3.05) is 13.1 Å². The Labute approximate surface area is 75.9 Å². The maximum absolute atomic E-state index is 11.9. The van der Waals surface area contributed by atoms with Crippen LogP contribution in [0.2, 0.25) is 0 Å². The van der Waals surface area contributed by atoms with Crippen LogP contribution >= 0.6 is 0 Å². The molecule has 0 aromatic heterocycles. The molecule has 13 heavy (non-hydrogen) atoms. The van der Waals surface area contributed by atoms with Gasteiger partial charge in [0.2, 0.25) is 0 Å². The van der Waals surface area contributed by atoms with Gasteiger partial charge in [0.15, 0.2) is 0 Å². The fourth-order valence-corrected chi connectivity index (χ4v) is 1.43. The Morgan fingerprint density at radius 1 is 1.62 bits per heavy atom. The molecule has 2 atom stereocenters. The van der Waals surface area contributed by atoms with E-state index >= 15 is 0 Å². The molecule has 0 radical (unpaired) electrons. The quantitative estimate of drug-likeness (QED) is 0.663. The van der Waals surface area contributed by atoms with Gasteiger partial charge in [0.05, 0.1) is 0 Å². The summed E-state index contributed by atoms with van der Waals surface area (Å²) in [5, 5.41) is 5.37. The van der Waals surface area contributed by atoms with Gasteiger partial charge in [-0.3, -0.25) is 4.79 Å². The van der Waals surface area contributed by atoms with Crippen molar-refractivity contribution in [1.29, 1.82) is 0 Å². The maximum Gasteiger partial charge on any atom is 0.315 e. The lowest BCUT2D eigenvalue weighted by molar-refractivity contribution is -0.132. The van der Waals surface area contributed by atoms with Crippen LogP contribution in [0.3, 0.4) is 0 Å². The predicted molar refractivity (Wildman–Crippen MR) is 44.6 cm³/mol. The summed E-state index contributed by atoms with van der Waals surface area (Å²) in [4.78, 5) is 10.7. The standard InChI is InChI=1S/C8H14F2N2O/c1-5-2-3-11-4-6(5)12-8(13)7(9)10/h5-7,11H,2-4H2,1H3,(H,12,13). The molecule has 1 rings (SSSR count). The van der Waals surface area contributed by atoms with E-state index in [0.717, 1.165) is 13.0 Å². The Hall–Kier alpha value is -0.710. The van der Waals surface area contributed by atoms with Crippen LogP contribution in [0.15, 0.2) is 0 Å². The van der Waals surface area contributed by atoms with E-state index in [0.29, 0.717) is 6.54 Å². The Bertz CT molecular complexity index is 187. The van der Waals surface area contributed by atoms with Crippen molar-refractivity contribution in [2.45, 2.75) is 25.8 Å². The third kappa shape index (κ3) is 2.91. The molecule has 0 bridgehead atoms. The van der Waals surface area contributed by atoms with Gasteiger partial charge in [-0.2, -0.15) is 8.78 Å². The van der Waals surface area contributed by atoms with Crippen LogP contribution < -0.4 is 10.6 Å². The summed E-state index contributed by atoms with van der Waals surface area (Å²) in [6, 6.07) is -0.157. The number of nitrogens with one attached hydrogen (secondary N) is 2. The molecule has 2 N–H and O–H groups in total. The smallest absolute Gasteiger partial charge is 0.315 e. The molecule has 0 aromatic carbocycles. The molecule has 0 saturated carbocycles. The Balaban J connectivity index is 2.38. The number of halogens is 2. The number of hydrogen-bond donors (Lipinski definition) is 2. The lowest BCUT2D eigenvalue weighted by atomic mass is 9.95. The first-order valence-corrected chi connectivity index (χ1v) is 4.40. The zero-order chi connectivity index (χ0) is 9.84. The highest BCUT2D eigenvalue weighted by Gasteiger charge is 2.25. The van der Waals surface area contributed by atoms with E-state index in [4.69, 9.17) is 0 Å². The van der Waals surface area contributed by atoms with Crippen LogP contribution in [0.4, 0.5) is 8.78 Å². The first kappa shape index (κ1) is 10.4. The molecule has 1 aliphatic heterocycles. The largest absolute Gasteiger partial charge is 0.347 e. The zero-order valence-electron chi connectivity index (χ0n) is 7.52. The van der Waals surface area contributed by atoms with Crippen LogP contribution in [0, 0.1) is 5.92 Å². The van der Waals surface area contributed by atoms with Crippen molar-refractivity contribution < 1.29 is 13.6 Å². The molecule has 0 spiro atoms. The fraction of sp³-hybridized carbons (Fsp3) is 0.875. The Morgan fingerprint density at radius 3 is 2.85 bits per heavy atom. The third-order valence-electron chi connectivity index (χ3n) is 2.35. The van der Waals surface area contributed by atoms with Gasteiger partial charge in [0.25, 0.3) is 5.91 Å². The van der Waals surface area contributed by atoms with Crippen LogP contribution in [-0.4, -0.2) is 31.5 Å². The van der Waals surface area contributed by atoms with Crippen molar-refractivity contribution in [3.8, 4) is 0 Å². The molecular weight excluding hydrogens is 178 g/mol. The summed E-state index contributed by atoms with van der Waals surface area (Å²) in [5.41, 5.74) is 0. The van der Waals surface area contributed by atoms with Crippen LogP contribution in [0.5, 0.6) is 0 Å². The van der Waals surface area contributed by atoms with Crippen molar-refractivity contribution in [2.24, 2.45) is 5.92 Å². The van der Waals surface area contributed by atoms with E-state index in [2.05, 4.69) is 10.6 Å². The van der Waals surface area contributed by atoms with Gasteiger partial charge in [-0.1, -0.05) is 6.92 Å². The molecule has 0 aliphatic carbocycles. The van der Waals surface area contributed by atoms with E-state index in [1.807, 2.05) is 6.92 Å². The van der Waals surface area contributed by atoms with E-state index in [9.17, 15) is 13.6 Å². The first-order chi connectivity index (χ1) is 6.11. The average Bonchev–Trinajstić information content (AvgIpc) is 2.08. The van der Waals surface area contributed by atoms with Crippen LogP contribution in [0.1, 0.15) is 13.3 Å². The molecule has 76 valence electrons. The summed E-state index contributed by atoms with van der Waals surface area (Å²) in [5.74, 6) is -0.899. The van der Waals surface area contributed by atoms with E-state index in [1.54, 1.807) is 0 Å². The molecule has 5 heteroatoms. The first-order valence-electron chi connectivity index (χ1n) is 4.40. The van der Waals surface area contributed by atoms with Crippen molar-refractivity contribution in [1.82, 2.24) is 10.6 Å². The number of carbonyl (C=O) groups excluding carboxylic acids is 1. The lowest BCUT2D eigenvalue weighted by Gasteiger charge is -2.30. The minimum absolute atomic E-state index is 0.157. The topological polar surface area (TPSA) is 41.1 Å². The highest BCUT2D eigenvalue weighted by atomic mass is 19.3. The predicted octanol–water partition coefficient (Wildman–Crippen LogP) is 0.366. The summed E-state index contributed by atoms with van der Waals surface area (Å²) >= 11 is 0. The van der Waals surface area contributed by atoms with Gasteiger partial charge < -0.3 is 10.6 Å². The Kier molecular flexibility index (Phi) is 3.59. The Morgan fingerprint density at radius 2 is 2.31 bits per heavy atom. The highest BCUT2D eigenvalue weighted by molar-refractivity contribution is 5.79.